The van der Waals surface area contributed by atoms with Crippen LogP contribution in [0.15, 0.2) is 30.3 Å². The molecule has 1 heterocycles. The number of aliphatic hydroxyl groups excluding tert-OH is 1. The summed E-state index contributed by atoms with van der Waals surface area (Å²) in [6, 6.07) is 9.00. The molecule has 0 bridgehead atoms. The number of benzene rings is 1. The Morgan fingerprint density at radius 2 is 1.62 bits per heavy atom. The Labute approximate surface area is 167 Å². The molecule has 1 aromatic carbocycles. The maximum absolute atomic E-state index is 11.8. The lowest BCUT2D eigenvalue weighted by Crippen LogP contribution is -2.61. The molecule has 0 aromatic heterocycles. The van der Waals surface area contributed by atoms with Crippen molar-refractivity contribution in [3.63, 3.8) is 0 Å². The normalized spacial score (nSPS) is 26.3. The molecular weight excluding hydrogens is 388 g/mol. The molecule has 0 aliphatic carbocycles. The van der Waals surface area contributed by atoms with E-state index in [2.05, 4.69) is 0 Å². The Kier molecular flexibility index (Phi) is 8.37. The Balaban J connectivity index is 1.97. The molecule has 1 N–H and O–H groups in total. The number of carbonyl (C=O) groups is 3. The third-order valence-electron chi connectivity index (χ3n) is 4.02. The maximum atomic E-state index is 11.8. The zero-order chi connectivity index (χ0) is 21.4. The Bertz CT molecular complexity index is 691. The van der Waals surface area contributed by atoms with E-state index in [0.717, 1.165) is 19.4 Å². The maximum Gasteiger partial charge on any atom is 0.508 e. The molecule has 0 spiro atoms. The number of ether oxygens (including phenoxy) is 6. The van der Waals surface area contributed by atoms with Crippen molar-refractivity contribution >= 4 is 18.1 Å². The summed E-state index contributed by atoms with van der Waals surface area (Å²) in [7, 11) is 1.29. The molecule has 1 saturated heterocycles. The van der Waals surface area contributed by atoms with Crippen molar-refractivity contribution in [3.8, 4) is 0 Å². The highest BCUT2D eigenvalue weighted by atomic mass is 16.7. The summed E-state index contributed by atoms with van der Waals surface area (Å²) >= 11 is 0. The standard InChI is InChI=1S/C19H24O10/c1-11(20)27-16-15(22)14(29-18(24-3)17(16)28-12(2)21)10-26-19(23)25-9-13-7-5-4-6-8-13/h4-8,14-18,22H,9-10H2,1-3H3/t14-,15-,16+,17-,18+/m1/s1. The second-order valence-electron chi connectivity index (χ2n) is 6.25. The van der Waals surface area contributed by atoms with Gasteiger partial charge in [-0.1, -0.05) is 30.3 Å². The first-order chi connectivity index (χ1) is 13.8. The van der Waals surface area contributed by atoms with Crippen LogP contribution in [-0.4, -0.2) is 67.6 Å². The zero-order valence-electron chi connectivity index (χ0n) is 16.3. The first-order valence-electron chi connectivity index (χ1n) is 8.86. The van der Waals surface area contributed by atoms with E-state index in [4.69, 9.17) is 28.4 Å². The molecule has 10 nitrogen and oxygen atoms in total. The van der Waals surface area contributed by atoms with E-state index >= 15 is 0 Å². The SMILES string of the molecule is CO[C@H]1O[C@H](COC(=O)OCc2ccccc2)[C@@H](O)[C@H](OC(C)=O)[C@H]1OC(C)=O. The van der Waals surface area contributed by atoms with E-state index in [1.807, 2.05) is 6.07 Å². The minimum Gasteiger partial charge on any atom is -0.455 e. The van der Waals surface area contributed by atoms with Crippen molar-refractivity contribution in [2.24, 2.45) is 0 Å². The predicted octanol–water partition coefficient (Wildman–Crippen LogP) is 0.935. The molecule has 160 valence electrons. The lowest BCUT2D eigenvalue weighted by molar-refractivity contribution is -0.300. The van der Waals surface area contributed by atoms with E-state index in [-0.39, 0.29) is 6.61 Å². The molecule has 1 aliphatic rings. The van der Waals surface area contributed by atoms with Gasteiger partial charge in [0.15, 0.2) is 18.5 Å². The summed E-state index contributed by atoms with van der Waals surface area (Å²) in [5, 5.41) is 10.5. The highest BCUT2D eigenvalue weighted by Crippen LogP contribution is 2.27. The summed E-state index contributed by atoms with van der Waals surface area (Å²) in [5.41, 5.74) is 0.775. The molecule has 0 saturated carbocycles. The number of aliphatic hydroxyl groups is 1. The van der Waals surface area contributed by atoms with Crippen LogP contribution < -0.4 is 0 Å². The Hall–Kier alpha value is -2.69. The predicted molar refractivity (Wildman–Crippen MR) is 95.4 cm³/mol. The number of hydrogen-bond acceptors (Lipinski definition) is 10. The van der Waals surface area contributed by atoms with Crippen LogP contribution in [-0.2, 0) is 44.6 Å². The average Bonchev–Trinajstić information content (AvgIpc) is 2.68. The molecule has 0 amide bonds. The fourth-order valence-electron chi connectivity index (χ4n) is 2.77. The monoisotopic (exact) mass is 412 g/mol. The van der Waals surface area contributed by atoms with Crippen LogP contribution in [0.3, 0.4) is 0 Å². The van der Waals surface area contributed by atoms with E-state index in [1.54, 1.807) is 24.3 Å². The molecule has 1 aliphatic heterocycles. The fourth-order valence-corrected chi connectivity index (χ4v) is 2.77. The Morgan fingerprint density at radius 3 is 2.21 bits per heavy atom. The molecule has 2 rings (SSSR count). The summed E-state index contributed by atoms with van der Waals surface area (Å²) < 4.78 is 30.8. The molecule has 0 radical (unpaired) electrons. The van der Waals surface area contributed by atoms with Gasteiger partial charge in [-0.05, 0) is 5.56 Å². The first-order valence-corrected chi connectivity index (χ1v) is 8.86. The highest BCUT2D eigenvalue weighted by molar-refractivity contribution is 5.67. The van der Waals surface area contributed by atoms with Gasteiger partial charge in [0.2, 0.25) is 0 Å². The fraction of sp³-hybridized carbons (Fsp3) is 0.526. The van der Waals surface area contributed by atoms with Crippen molar-refractivity contribution in [2.45, 2.75) is 51.2 Å². The number of rotatable bonds is 7. The van der Waals surface area contributed by atoms with Crippen LogP contribution in [0.2, 0.25) is 0 Å². The van der Waals surface area contributed by atoms with Gasteiger partial charge in [-0.25, -0.2) is 4.79 Å². The molecule has 29 heavy (non-hydrogen) atoms. The van der Waals surface area contributed by atoms with Crippen LogP contribution >= 0.6 is 0 Å². The van der Waals surface area contributed by atoms with Crippen LogP contribution in [0.5, 0.6) is 0 Å². The largest absolute Gasteiger partial charge is 0.508 e. The number of methoxy groups -OCH3 is 1. The van der Waals surface area contributed by atoms with Crippen molar-refractivity contribution in [1.82, 2.24) is 0 Å². The topological polar surface area (TPSA) is 127 Å². The summed E-state index contributed by atoms with van der Waals surface area (Å²) in [5.74, 6) is -1.38. The van der Waals surface area contributed by atoms with Crippen molar-refractivity contribution < 1.29 is 47.9 Å². The Morgan fingerprint density at radius 1 is 1.00 bits per heavy atom. The third kappa shape index (κ3) is 6.70. The number of carbonyl (C=O) groups excluding carboxylic acids is 3. The second kappa shape index (κ2) is 10.7. The molecule has 0 unspecified atom stereocenters. The summed E-state index contributed by atoms with van der Waals surface area (Å²) in [6.07, 6.45) is -7.15. The molecule has 1 aromatic rings. The van der Waals surface area contributed by atoms with Gasteiger partial charge in [0, 0.05) is 21.0 Å². The summed E-state index contributed by atoms with van der Waals surface area (Å²) in [6.45, 7) is 1.90. The van der Waals surface area contributed by atoms with Gasteiger partial charge in [-0.15, -0.1) is 0 Å². The van der Waals surface area contributed by atoms with E-state index in [1.165, 1.54) is 7.11 Å². The van der Waals surface area contributed by atoms with Gasteiger partial charge < -0.3 is 33.5 Å². The van der Waals surface area contributed by atoms with Crippen LogP contribution in [0.25, 0.3) is 0 Å². The van der Waals surface area contributed by atoms with Gasteiger partial charge >= 0.3 is 18.1 Å². The molecule has 10 heteroatoms. The van der Waals surface area contributed by atoms with Crippen molar-refractivity contribution in [1.29, 1.82) is 0 Å². The van der Waals surface area contributed by atoms with Gasteiger partial charge in [0.05, 0.1) is 0 Å². The van der Waals surface area contributed by atoms with Gasteiger partial charge in [0.1, 0.15) is 25.4 Å². The second-order valence-corrected chi connectivity index (χ2v) is 6.25. The van der Waals surface area contributed by atoms with E-state index < -0.39 is 55.4 Å². The highest BCUT2D eigenvalue weighted by Gasteiger charge is 2.50. The number of esters is 2. The van der Waals surface area contributed by atoms with E-state index in [9.17, 15) is 19.5 Å². The van der Waals surface area contributed by atoms with Crippen LogP contribution in [0, 0.1) is 0 Å². The minimum atomic E-state index is -1.45. The molecule has 5 atom stereocenters. The van der Waals surface area contributed by atoms with Gasteiger partial charge in [-0.3, -0.25) is 9.59 Å². The number of hydrogen-bond donors (Lipinski definition) is 1. The molecular formula is C19H24O10. The minimum absolute atomic E-state index is 0.0129. The summed E-state index contributed by atoms with van der Waals surface area (Å²) in [4.78, 5) is 34.6. The van der Waals surface area contributed by atoms with Gasteiger partial charge in [0.25, 0.3) is 0 Å². The van der Waals surface area contributed by atoms with Crippen molar-refractivity contribution in [3.05, 3.63) is 35.9 Å². The third-order valence-corrected chi connectivity index (χ3v) is 4.02. The van der Waals surface area contributed by atoms with Crippen molar-refractivity contribution in [2.75, 3.05) is 13.7 Å². The van der Waals surface area contributed by atoms with Crippen LogP contribution in [0.4, 0.5) is 4.79 Å². The first kappa shape index (κ1) is 22.6. The zero-order valence-corrected chi connectivity index (χ0v) is 16.3. The smallest absolute Gasteiger partial charge is 0.455 e. The van der Waals surface area contributed by atoms with Gasteiger partial charge in [-0.2, -0.15) is 0 Å². The molecule has 1 fully saturated rings. The average molecular weight is 412 g/mol. The quantitative estimate of drug-likeness (QED) is 0.510. The van der Waals surface area contributed by atoms with E-state index in [0.29, 0.717) is 0 Å². The van der Waals surface area contributed by atoms with Crippen LogP contribution in [0.1, 0.15) is 19.4 Å². The lowest BCUT2D eigenvalue weighted by Gasteiger charge is -2.42. The lowest BCUT2D eigenvalue weighted by atomic mass is 9.98.